The quantitative estimate of drug-likeness (QED) is 0.847. The molecule has 0 radical (unpaired) electrons. The predicted molar refractivity (Wildman–Crippen MR) is 74.5 cm³/mol. The highest BCUT2D eigenvalue weighted by Crippen LogP contribution is 2.31. The Bertz CT molecular complexity index is 469. The van der Waals surface area contributed by atoms with Crippen molar-refractivity contribution in [3.8, 4) is 0 Å². The zero-order valence-electron chi connectivity index (χ0n) is 11.7. The smallest absolute Gasteiger partial charge is 0.265 e. The first-order valence-corrected chi connectivity index (χ1v) is 7.10. The van der Waals surface area contributed by atoms with Crippen molar-refractivity contribution in [2.45, 2.75) is 19.4 Å². The molecule has 2 heterocycles. The molecule has 1 aromatic rings. The highest BCUT2D eigenvalue weighted by Gasteiger charge is 2.29. The third kappa shape index (κ3) is 2.65. The Balaban J connectivity index is 1.71. The van der Waals surface area contributed by atoms with Crippen molar-refractivity contribution in [1.29, 1.82) is 0 Å². The lowest BCUT2D eigenvalue weighted by molar-refractivity contribution is -0.0660. The van der Waals surface area contributed by atoms with E-state index in [0.717, 1.165) is 45.0 Å². The van der Waals surface area contributed by atoms with E-state index in [1.807, 2.05) is 19.1 Å². The molecule has 1 aromatic carbocycles. The third-order valence-corrected chi connectivity index (χ3v) is 4.21. The molecule has 0 saturated carbocycles. The van der Waals surface area contributed by atoms with E-state index in [1.54, 1.807) is 6.07 Å². The average Bonchev–Trinajstić information content (AvgIpc) is 2.38. The standard InChI is InChI=1S/C15H20F2N2O/c1-11-2-3-14(13(8-11)15(16)17)19-6-4-18(5-7-19)12-9-20-10-12/h2-3,8,12,15H,4-7,9-10H2,1H3. The SMILES string of the molecule is Cc1ccc(N2CCN(C3COC3)CC2)c(C(F)F)c1. The summed E-state index contributed by atoms with van der Waals surface area (Å²) >= 11 is 0. The number of aryl methyl sites for hydroxylation is 1. The molecule has 20 heavy (non-hydrogen) atoms. The van der Waals surface area contributed by atoms with Gasteiger partial charge in [0.05, 0.1) is 19.3 Å². The molecule has 3 nitrogen and oxygen atoms in total. The number of anilines is 1. The Morgan fingerprint density at radius 3 is 2.40 bits per heavy atom. The molecule has 3 rings (SSSR count). The van der Waals surface area contributed by atoms with Crippen LogP contribution in [0.2, 0.25) is 0 Å². The van der Waals surface area contributed by atoms with E-state index in [4.69, 9.17) is 4.74 Å². The molecular weight excluding hydrogens is 262 g/mol. The van der Waals surface area contributed by atoms with Crippen LogP contribution in [-0.4, -0.2) is 50.3 Å². The van der Waals surface area contributed by atoms with Crippen LogP contribution in [0, 0.1) is 6.92 Å². The van der Waals surface area contributed by atoms with Gasteiger partial charge >= 0.3 is 0 Å². The van der Waals surface area contributed by atoms with Gasteiger partial charge in [-0.3, -0.25) is 4.90 Å². The maximum Gasteiger partial charge on any atom is 0.265 e. The van der Waals surface area contributed by atoms with Crippen molar-refractivity contribution in [1.82, 2.24) is 4.90 Å². The van der Waals surface area contributed by atoms with Crippen molar-refractivity contribution in [3.05, 3.63) is 29.3 Å². The van der Waals surface area contributed by atoms with Crippen LogP contribution in [0.25, 0.3) is 0 Å². The molecule has 2 fully saturated rings. The van der Waals surface area contributed by atoms with Gasteiger partial charge in [-0.15, -0.1) is 0 Å². The summed E-state index contributed by atoms with van der Waals surface area (Å²) in [6.45, 7) is 6.93. The summed E-state index contributed by atoms with van der Waals surface area (Å²) in [5.74, 6) is 0. The number of piperazine rings is 1. The second kappa shape index (κ2) is 5.66. The fourth-order valence-corrected chi connectivity index (χ4v) is 2.90. The van der Waals surface area contributed by atoms with Gasteiger partial charge in [-0.05, 0) is 19.1 Å². The Labute approximate surface area is 118 Å². The first kappa shape index (κ1) is 13.8. The summed E-state index contributed by atoms with van der Waals surface area (Å²) in [6, 6.07) is 5.88. The fourth-order valence-electron chi connectivity index (χ4n) is 2.90. The van der Waals surface area contributed by atoms with E-state index < -0.39 is 6.43 Å². The maximum absolute atomic E-state index is 13.2. The van der Waals surface area contributed by atoms with E-state index in [1.165, 1.54) is 0 Å². The van der Waals surface area contributed by atoms with Gasteiger partial charge in [0, 0.05) is 37.4 Å². The molecule has 0 aromatic heterocycles. The fraction of sp³-hybridized carbons (Fsp3) is 0.600. The number of alkyl halides is 2. The summed E-state index contributed by atoms with van der Waals surface area (Å²) in [5, 5.41) is 0. The van der Waals surface area contributed by atoms with Crippen molar-refractivity contribution in [2.24, 2.45) is 0 Å². The molecule has 0 bridgehead atoms. The zero-order chi connectivity index (χ0) is 14.1. The summed E-state index contributed by atoms with van der Waals surface area (Å²) in [4.78, 5) is 4.48. The second-order valence-electron chi connectivity index (χ2n) is 5.58. The van der Waals surface area contributed by atoms with Crippen molar-refractivity contribution < 1.29 is 13.5 Å². The van der Waals surface area contributed by atoms with Gasteiger partial charge in [0.25, 0.3) is 6.43 Å². The number of rotatable bonds is 3. The van der Waals surface area contributed by atoms with Crippen molar-refractivity contribution >= 4 is 5.69 Å². The van der Waals surface area contributed by atoms with Crippen LogP contribution in [-0.2, 0) is 4.74 Å². The lowest BCUT2D eigenvalue weighted by Crippen LogP contribution is -2.56. The minimum atomic E-state index is -2.41. The van der Waals surface area contributed by atoms with Crippen molar-refractivity contribution in [2.75, 3.05) is 44.3 Å². The number of halogens is 2. The van der Waals surface area contributed by atoms with Gasteiger partial charge in [0.15, 0.2) is 0 Å². The summed E-state index contributed by atoms with van der Waals surface area (Å²) in [5.41, 5.74) is 1.73. The van der Waals surface area contributed by atoms with Crippen LogP contribution in [0.1, 0.15) is 17.6 Å². The molecule has 2 aliphatic rings. The number of benzene rings is 1. The minimum absolute atomic E-state index is 0.158. The minimum Gasteiger partial charge on any atom is -0.378 e. The Morgan fingerprint density at radius 1 is 1.15 bits per heavy atom. The molecule has 0 aliphatic carbocycles. The summed E-state index contributed by atoms with van der Waals surface area (Å²) in [7, 11) is 0. The van der Waals surface area contributed by atoms with E-state index in [9.17, 15) is 8.78 Å². The molecule has 0 amide bonds. The lowest BCUT2D eigenvalue weighted by Gasteiger charge is -2.43. The number of nitrogens with zero attached hydrogens (tertiary/aromatic N) is 2. The molecule has 2 aliphatic heterocycles. The zero-order valence-corrected chi connectivity index (χ0v) is 11.7. The van der Waals surface area contributed by atoms with Crippen molar-refractivity contribution in [3.63, 3.8) is 0 Å². The number of hydrogen-bond donors (Lipinski definition) is 0. The van der Waals surface area contributed by atoms with E-state index in [-0.39, 0.29) is 5.56 Å². The Hall–Kier alpha value is -1.20. The molecule has 5 heteroatoms. The van der Waals surface area contributed by atoms with Crippen LogP contribution in [0.4, 0.5) is 14.5 Å². The molecule has 0 spiro atoms. The van der Waals surface area contributed by atoms with Crippen LogP contribution in [0.3, 0.4) is 0 Å². The molecule has 0 atom stereocenters. The number of ether oxygens (including phenoxy) is 1. The van der Waals surface area contributed by atoms with Crippen LogP contribution < -0.4 is 4.90 Å². The van der Waals surface area contributed by atoms with E-state index in [0.29, 0.717) is 11.7 Å². The summed E-state index contributed by atoms with van der Waals surface area (Å²) < 4.78 is 31.6. The third-order valence-electron chi connectivity index (χ3n) is 4.21. The monoisotopic (exact) mass is 282 g/mol. The van der Waals surface area contributed by atoms with Gasteiger partial charge in [0.1, 0.15) is 0 Å². The summed E-state index contributed by atoms with van der Waals surface area (Å²) in [6.07, 6.45) is -2.41. The van der Waals surface area contributed by atoms with Gasteiger partial charge in [-0.2, -0.15) is 0 Å². The van der Waals surface area contributed by atoms with Gasteiger partial charge in [0.2, 0.25) is 0 Å². The van der Waals surface area contributed by atoms with Gasteiger partial charge in [-0.25, -0.2) is 8.78 Å². The number of hydrogen-bond acceptors (Lipinski definition) is 3. The first-order valence-electron chi connectivity index (χ1n) is 7.10. The van der Waals surface area contributed by atoms with E-state index in [2.05, 4.69) is 9.80 Å². The topological polar surface area (TPSA) is 15.7 Å². The van der Waals surface area contributed by atoms with Crippen LogP contribution in [0.5, 0.6) is 0 Å². The Morgan fingerprint density at radius 2 is 1.85 bits per heavy atom. The second-order valence-corrected chi connectivity index (χ2v) is 5.58. The lowest BCUT2D eigenvalue weighted by atomic mass is 10.1. The largest absolute Gasteiger partial charge is 0.378 e. The van der Waals surface area contributed by atoms with Gasteiger partial charge < -0.3 is 9.64 Å². The predicted octanol–water partition coefficient (Wildman–Crippen LogP) is 2.45. The van der Waals surface area contributed by atoms with Crippen LogP contribution in [0.15, 0.2) is 18.2 Å². The first-order chi connectivity index (χ1) is 9.65. The normalized spacial score (nSPS) is 21.3. The van der Waals surface area contributed by atoms with E-state index >= 15 is 0 Å². The molecule has 0 unspecified atom stereocenters. The molecule has 110 valence electrons. The highest BCUT2D eigenvalue weighted by atomic mass is 19.3. The molecule has 0 N–H and O–H groups in total. The maximum atomic E-state index is 13.2. The highest BCUT2D eigenvalue weighted by molar-refractivity contribution is 5.56. The van der Waals surface area contributed by atoms with Gasteiger partial charge in [-0.1, -0.05) is 11.6 Å². The molecule has 2 saturated heterocycles. The van der Waals surface area contributed by atoms with Crippen LogP contribution >= 0.6 is 0 Å². The molecular formula is C15H20F2N2O. The Kier molecular flexibility index (Phi) is 3.89. The average molecular weight is 282 g/mol.